The van der Waals surface area contributed by atoms with Crippen molar-refractivity contribution in [1.29, 1.82) is 0 Å². The summed E-state index contributed by atoms with van der Waals surface area (Å²) in [5.74, 6) is -7.60. The van der Waals surface area contributed by atoms with Gasteiger partial charge in [-0.3, -0.25) is 0 Å². The molecule has 27 heteroatoms. The van der Waals surface area contributed by atoms with E-state index in [1.807, 2.05) is 0 Å². The van der Waals surface area contributed by atoms with Crippen molar-refractivity contribution in [3.05, 3.63) is 0 Å². The number of carbonyl (C=O) groups is 6. The number of nitrogens with two attached hydrogens (primary N) is 6. The van der Waals surface area contributed by atoms with E-state index in [4.69, 9.17) is 34.4 Å². The fraction of sp³-hybridized carbons (Fsp3) is 0.667. The van der Waals surface area contributed by atoms with Gasteiger partial charge in [0.15, 0.2) is 0 Å². The van der Waals surface area contributed by atoms with Gasteiger partial charge in [0.25, 0.3) is 0 Å². The number of carboxylic acids is 6. The summed E-state index contributed by atoms with van der Waals surface area (Å²) in [6.07, 6.45) is 0. The molecule has 0 radical (unpaired) electrons. The molecule has 45 heavy (non-hydrogen) atoms. The molecule has 0 aliphatic carbocycles. The summed E-state index contributed by atoms with van der Waals surface area (Å²) in [6.45, 7) is 0. The van der Waals surface area contributed by atoms with Crippen LogP contribution in [0.1, 0.15) is 0 Å². The van der Waals surface area contributed by atoms with Crippen LogP contribution in [-0.4, -0.2) is 107 Å². The summed E-state index contributed by atoms with van der Waals surface area (Å²) in [5, 5.41) is 57.8. The van der Waals surface area contributed by atoms with Crippen LogP contribution >= 0.6 is 0 Å². The minimum Gasteiger partial charge on any atom is -0.791 e. The van der Waals surface area contributed by atoms with Crippen LogP contribution in [0.4, 0.5) is 0 Å². The molecule has 0 aromatic heterocycles. The van der Waals surface area contributed by atoms with E-state index in [1.165, 1.54) is 0 Å². The Kier molecular flexibility index (Phi) is 69.9. The molecule has 0 aromatic carbocycles. The van der Waals surface area contributed by atoms with E-state index >= 15 is 0 Å². The Hall–Kier alpha value is 0.420. The van der Waals surface area contributed by atoms with Crippen molar-refractivity contribution in [3.63, 3.8) is 0 Å². The van der Waals surface area contributed by atoms with E-state index in [9.17, 15) is 59.4 Å². The number of rotatable bonds is 12. The van der Waals surface area contributed by atoms with Gasteiger partial charge in [-0.05, 0) is 0 Å². The van der Waals surface area contributed by atoms with E-state index in [0.29, 0.717) is 0 Å². The van der Waals surface area contributed by atoms with Crippen LogP contribution in [0.5, 0.6) is 0 Å². The molecule has 0 aliphatic rings. The number of hydrogen-bond acceptors (Lipinski definition) is 24. The summed E-state index contributed by atoms with van der Waals surface area (Å²) < 4.78 is 0. The Balaban J connectivity index is -0.0000000487. The van der Waals surface area contributed by atoms with Gasteiger partial charge >= 0.3 is 55.4 Å². The minimum atomic E-state index is -1.28. The average Bonchev–Trinajstić information content (AvgIpc) is 2.95. The molecular formula is C18H30N6NiO12Rh2S6-4. The number of carboxylic acid groups (broad SMARTS) is 6. The molecular weight excluding hydrogens is 949 g/mol. The second-order valence-electron chi connectivity index (χ2n) is 6.55. The second kappa shape index (κ2) is 46.5. The van der Waals surface area contributed by atoms with E-state index in [2.05, 4.69) is 75.8 Å². The van der Waals surface area contributed by atoms with Gasteiger partial charge in [0, 0.05) is 36.3 Å². The standard InChI is InChI=1S/6C3H7NO2S.Ni.2Rh/c6*4-2(1-7)3(5)6;;;/h6*2,7H,1,4H2,(H,5,6);;;/q;;;;;;+2;2*+3/p-12/t6*2-;;;/m000000.../s1. The molecule has 0 aliphatic heterocycles. The van der Waals surface area contributed by atoms with Gasteiger partial charge in [0.05, 0.1) is 35.8 Å². The third kappa shape index (κ3) is 60.3. The van der Waals surface area contributed by atoms with Gasteiger partial charge in [-0.2, -0.15) is 34.5 Å². The number of carbonyl (C=O) groups excluding carboxylic acids is 6. The Labute approximate surface area is 328 Å². The van der Waals surface area contributed by atoms with Crippen molar-refractivity contribution < 1.29 is 115 Å². The van der Waals surface area contributed by atoms with Crippen molar-refractivity contribution in [1.82, 2.24) is 0 Å². The molecule has 0 aromatic rings. The fourth-order valence-corrected chi connectivity index (χ4v) is 1.22. The van der Waals surface area contributed by atoms with Crippen LogP contribution in [-0.2, 0) is 160 Å². The minimum absolute atomic E-state index is 0. The molecule has 0 spiro atoms. The fourth-order valence-electron chi connectivity index (χ4n) is 0.408. The van der Waals surface area contributed by atoms with Crippen LogP contribution in [0.25, 0.3) is 0 Å². The first kappa shape index (κ1) is 67.6. The van der Waals surface area contributed by atoms with E-state index in [0.717, 1.165) is 0 Å². The summed E-state index contributed by atoms with van der Waals surface area (Å²) >= 11 is 25.8. The molecule has 18 nitrogen and oxygen atoms in total. The molecule has 272 valence electrons. The predicted molar refractivity (Wildman–Crippen MR) is 151 cm³/mol. The molecule has 6 atom stereocenters. The Bertz CT molecular complexity index is 626. The summed E-state index contributed by atoms with van der Waals surface area (Å²) in [7, 11) is 0. The maximum atomic E-state index is 9.63. The zero-order valence-corrected chi connectivity index (χ0v) is 31.7. The second-order valence-corrected chi connectivity index (χ2v) is 8.55. The largest absolute Gasteiger partial charge is 3.00 e. The zero-order chi connectivity index (χ0) is 35.2. The van der Waals surface area contributed by atoms with Gasteiger partial charge in [0.2, 0.25) is 0 Å². The van der Waals surface area contributed by atoms with Crippen molar-refractivity contribution in [2.75, 3.05) is 34.5 Å². The van der Waals surface area contributed by atoms with Gasteiger partial charge < -0.3 is 170 Å². The molecule has 0 saturated carbocycles. The van der Waals surface area contributed by atoms with E-state index in [-0.39, 0.29) is 90.0 Å². The third-order valence-corrected chi connectivity index (χ3v) is 5.05. The van der Waals surface area contributed by atoms with Gasteiger partial charge in [-0.15, -0.1) is 0 Å². The molecule has 0 heterocycles. The Morgan fingerprint density at radius 1 is 0.356 bits per heavy atom. The SMILES string of the molecule is N[C@@H](C[S-])C(=O)[O-].N[C@@H](C[S-])C(=O)[O-].N[C@@H](C[S-])C(=O)[O-].N[C@@H](C[S-])C(=O)[O-].N[C@@H](C[S-])C(=O)[O-].N[C@@H](C[S-])C(=O)[O-].[Ni+2].[Rh+3].[Rh+3]. The maximum Gasteiger partial charge on any atom is 3.00 e. The van der Waals surface area contributed by atoms with E-state index < -0.39 is 72.1 Å². The zero-order valence-electron chi connectivity index (χ0n) is 22.5. The average molecular weight is 979 g/mol. The summed E-state index contributed by atoms with van der Waals surface area (Å²) in [5.41, 5.74) is 29.1. The van der Waals surface area contributed by atoms with Gasteiger partial charge in [0.1, 0.15) is 0 Å². The van der Waals surface area contributed by atoms with Crippen LogP contribution in [0.2, 0.25) is 0 Å². The first-order valence-corrected chi connectivity index (χ1v) is 13.8. The molecule has 0 saturated heterocycles. The Morgan fingerprint density at radius 3 is 0.422 bits per heavy atom. The molecule has 0 amide bonds. The van der Waals surface area contributed by atoms with Crippen LogP contribution in [0.15, 0.2) is 0 Å². The molecule has 0 rings (SSSR count). The van der Waals surface area contributed by atoms with Crippen molar-refractivity contribution in [2.45, 2.75) is 36.3 Å². The van der Waals surface area contributed by atoms with E-state index in [1.54, 1.807) is 0 Å². The predicted octanol–water partition coefficient (Wildman–Crippen LogP) is -14.3. The van der Waals surface area contributed by atoms with Crippen molar-refractivity contribution in [3.8, 4) is 0 Å². The van der Waals surface area contributed by atoms with Crippen molar-refractivity contribution in [2.24, 2.45) is 34.4 Å². The van der Waals surface area contributed by atoms with Crippen LogP contribution in [0.3, 0.4) is 0 Å². The molecule has 0 fully saturated rings. The first-order chi connectivity index (χ1) is 19.1. The van der Waals surface area contributed by atoms with Gasteiger partial charge in [-0.25, -0.2) is 0 Å². The van der Waals surface area contributed by atoms with Crippen LogP contribution < -0.4 is 65.0 Å². The van der Waals surface area contributed by atoms with Gasteiger partial charge in [-0.1, -0.05) is 0 Å². The topological polar surface area (TPSA) is 397 Å². The summed E-state index contributed by atoms with van der Waals surface area (Å²) in [6, 6.07) is -5.86. The Morgan fingerprint density at radius 2 is 0.422 bits per heavy atom. The number of hydrogen-bond donors (Lipinski definition) is 6. The molecule has 12 N–H and O–H groups in total. The number of aliphatic carboxylic acids is 6. The first-order valence-electron chi connectivity index (χ1n) is 10.4. The molecule has 0 bridgehead atoms. The quantitative estimate of drug-likeness (QED) is 0.0781. The van der Waals surface area contributed by atoms with Crippen LogP contribution in [0, 0.1) is 0 Å². The third-order valence-electron chi connectivity index (χ3n) is 2.89. The maximum absolute atomic E-state index is 9.63. The summed E-state index contributed by atoms with van der Waals surface area (Å²) in [4.78, 5) is 57.8. The monoisotopic (exact) mass is 978 g/mol. The molecule has 0 unspecified atom stereocenters. The van der Waals surface area contributed by atoms with Crippen molar-refractivity contribution >= 4 is 112 Å². The normalized spacial score (nSPS) is 12.5. The smallest absolute Gasteiger partial charge is 0.791 e.